The number of hydrogen-bond acceptors (Lipinski definition) is 2. The van der Waals surface area contributed by atoms with E-state index in [0.29, 0.717) is 24.5 Å². The molecule has 4 rings (SSSR count). The van der Waals surface area contributed by atoms with Gasteiger partial charge in [-0.3, -0.25) is 0 Å². The molecule has 0 N–H and O–H groups in total. The Morgan fingerprint density at radius 1 is 0.893 bits per heavy atom. The monoisotopic (exact) mass is 394 g/mol. The van der Waals surface area contributed by atoms with Gasteiger partial charge in [0.25, 0.3) is 10.0 Å². The molecule has 0 spiro atoms. The second-order valence-electron chi connectivity index (χ2n) is 6.80. The van der Waals surface area contributed by atoms with E-state index in [0.717, 1.165) is 16.7 Å². The molecule has 0 saturated heterocycles. The predicted molar refractivity (Wildman–Crippen MR) is 109 cm³/mol. The number of hydrogen-bond donors (Lipinski definition) is 0. The van der Waals surface area contributed by atoms with Gasteiger partial charge in [-0.1, -0.05) is 42.0 Å². The van der Waals surface area contributed by atoms with Crippen LogP contribution in [0, 0.1) is 12.7 Å². The van der Waals surface area contributed by atoms with Crippen molar-refractivity contribution in [2.75, 3.05) is 4.90 Å². The third kappa shape index (κ3) is 3.68. The summed E-state index contributed by atoms with van der Waals surface area (Å²) in [6.45, 7) is 2.38. The first-order chi connectivity index (χ1) is 13.4. The van der Waals surface area contributed by atoms with E-state index in [4.69, 9.17) is 0 Å². The molecule has 0 unspecified atom stereocenters. The largest absolute Gasteiger partial charge is 0.324 e. The van der Waals surface area contributed by atoms with Crippen molar-refractivity contribution >= 4 is 21.5 Å². The van der Waals surface area contributed by atoms with Crippen molar-refractivity contribution in [2.45, 2.75) is 24.8 Å². The van der Waals surface area contributed by atoms with Crippen LogP contribution in [0.5, 0.6) is 0 Å². The van der Waals surface area contributed by atoms with E-state index in [1.54, 1.807) is 36.4 Å². The van der Waals surface area contributed by atoms with Crippen LogP contribution in [0.15, 0.2) is 82.1 Å². The SMILES string of the molecule is Cc1ccc(S(=O)(=O)N=C2Cc3ccccc3CN2c2ccc(F)cc2)cc1. The summed E-state index contributed by atoms with van der Waals surface area (Å²) in [6.07, 6.45) is 0.388. The summed E-state index contributed by atoms with van der Waals surface area (Å²) in [4.78, 5) is 1.98. The number of amidine groups is 1. The van der Waals surface area contributed by atoms with Crippen molar-refractivity contribution in [1.82, 2.24) is 0 Å². The average Bonchev–Trinajstić information content (AvgIpc) is 2.68. The number of anilines is 1. The van der Waals surface area contributed by atoms with Crippen molar-refractivity contribution in [1.29, 1.82) is 0 Å². The summed E-state index contributed by atoms with van der Waals surface area (Å²) in [7, 11) is -3.86. The van der Waals surface area contributed by atoms with Crippen LogP contribution in [0.1, 0.15) is 16.7 Å². The summed E-state index contributed by atoms with van der Waals surface area (Å²) in [6, 6.07) is 20.5. The van der Waals surface area contributed by atoms with Gasteiger partial charge in [0.05, 0.1) is 4.90 Å². The fourth-order valence-electron chi connectivity index (χ4n) is 3.26. The maximum atomic E-state index is 13.4. The standard InChI is InChI=1S/C22H19FN2O2S/c1-16-6-12-21(13-7-16)28(26,27)24-22-14-17-4-2-3-5-18(17)15-25(22)20-10-8-19(23)9-11-20/h2-13H,14-15H2,1H3. The lowest BCUT2D eigenvalue weighted by molar-refractivity contribution is 0.597. The van der Waals surface area contributed by atoms with E-state index in [-0.39, 0.29) is 10.7 Å². The molecule has 0 aliphatic carbocycles. The molecular formula is C22H19FN2O2S. The normalized spacial score (nSPS) is 15.5. The highest BCUT2D eigenvalue weighted by molar-refractivity contribution is 7.90. The maximum absolute atomic E-state index is 13.4. The zero-order chi connectivity index (χ0) is 19.7. The van der Waals surface area contributed by atoms with Crippen LogP contribution in [0.2, 0.25) is 0 Å². The van der Waals surface area contributed by atoms with E-state index < -0.39 is 10.0 Å². The van der Waals surface area contributed by atoms with E-state index in [1.807, 2.05) is 36.1 Å². The second kappa shape index (κ2) is 7.20. The van der Waals surface area contributed by atoms with E-state index in [2.05, 4.69) is 4.40 Å². The Bertz CT molecular complexity index is 1140. The van der Waals surface area contributed by atoms with Crippen molar-refractivity contribution in [2.24, 2.45) is 4.40 Å². The Labute approximate surface area is 164 Å². The Morgan fingerprint density at radius 3 is 2.21 bits per heavy atom. The summed E-state index contributed by atoms with van der Waals surface area (Å²) in [5, 5.41) is 0. The molecule has 1 aliphatic rings. The van der Waals surface area contributed by atoms with E-state index in [1.165, 1.54) is 12.1 Å². The third-order valence-corrected chi connectivity index (χ3v) is 6.11. The molecule has 0 aromatic heterocycles. The minimum atomic E-state index is -3.86. The molecule has 0 amide bonds. The molecule has 0 atom stereocenters. The van der Waals surface area contributed by atoms with Crippen LogP contribution in [0.4, 0.5) is 10.1 Å². The summed E-state index contributed by atoms with van der Waals surface area (Å²) in [5.41, 5.74) is 3.82. The molecule has 0 bridgehead atoms. The van der Waals surface area contributed by atoms with Crippen molar-refractivity contribution in [3.63, 3.8) is 0 Å². The Kier molecular flexibility index (Phi) is 4.73. The highest BCUT2D eigenvalue weighted by Crippen LogP contribution is 2.27. The Balaban J connectivity index is 1.80. The maximum Gasteiger partial charge on any atom is 0.283 e. The van der Waals surface area contributed by atoms with Gasteiger partial charge in [0.15, 0.2) is 0 Å². The molecule has 142 valence electrons. The van der Waals surface area contributed by atoms with E-state index in [9.17, 15) is 12.8 Å². The number of halogens is 1. The van der Waals surface area contributed by atoms with Crippen LogP contribution in [0.3, 0.4) is 0 Å². The lowest BCUT2D eigenvalue weighted by atomic mass is 9.98. The summed E-state index contributed by atoms with van der Waals surface area (Å²) >= 11 is 0. The second-order valence-corrected chi connectivity index (χ2v) is 8.41. The number of rotatable bonds is 3. The molecule has 1 aliphatic heterocycles. The van der Waals surface area contributed by atoms with Gasteiger partial charge in [0.1, 0.15) is 11.7 Å². The molecule has 3 aromatic rings. The fraction of sp³-hybridized carbons (Fsp3) is 0.136. The zero-order valence-electron chi connectivity index (χ0n) is 15.3. The Hall–Kier alpha value is -2.99. The van der Waals surface area contributed by atoms with Gasteiger partial charge in [-0.15, -0.1) is 4.40 Å². The first-order valence-electron chi connectivity index (χ1n) is 8.93. The highest BCUT2D eigenvalue weighted by Gasteiger charge is 2.25. The van der Waals surface area contributed by atoms with Gasteiger partial charge in [-0.25, -0.2) is 4.39 Å². The zero-order valence-corrected chi connectivity index (χ0v) is 16.2. The smallest absolute Gasteiger partial charge is 0.283 e. The molecule has 1 heterocycles. The van der Waals surface area contributed by atoms with Gasteiger partial charge >= 0.3 is 0 Å². The van der Waals surface area contributed by atoms with Gasteiger partial charge in [-0.2, -0.15) is 8.42 Å². The first kappa shape index (κ1) is 18.4. The van der Waals surface area contributed by atoms with Crippen LogP contribution < -0.4 is 4.90 Å². The lowest BCUT2D eigenvalue weighted by Crippen LogP contribution is -2.37. The number of aryl methyl sites for hydroxylation is 1. The molecule has 3 aromatic carbocycles. The number of fused-ring (bicyclic) bond motifs is 1. The minimum absolute atomic E-state index is 0.156. The predicted octanol–water partition coefficient (Wildman–Crippen LogP) is 4.48. The summed E-state index contributed by atoms with van der Waals surface area (Å²) < 4.78 is 43.3. The molecule has 28 heavy (non-hydrogen) atoms. The van der Waals surface area contributed by atoms with Gasteiger partial charge < -0.3 is 4.90 Å². The molecule has 0 radical (unpaired) electrons. The third-order valence-electron chi connectivity index (χ3n) is 4.79. The van der Waals surface area contributed by atoms with Crippen LogP contribution >= 0.6 is 0 Å². The van der Waals surface area contributed by atoms with Gasteiger partial charge in [0, 0.05) is 18.7 Å². The lowest BCUT2D eigenvalue weighted by Gasteiger charge is -2.31. The van der Waals surface area contributed by atoms with Gasteiger partial charge in [-0.05, 0) is 54.4 Å². The summed E-state index contributed by atoms with van der Waals surface area (Å²) in [5.74, 6) is 0.0813. The topological polar surface area (TPSA) is 49.7 Å². The number of benzene rings is 3. The van der Waals surface area contributed by atoms with Crippen molar-refractivity contribution < 1.29 is 12.8 Å². The Morgan fingerprint density at radius 2 is 1.54 bits per heavy atom. The number of sulfonamides is 1. The van der Waals surface area contributed by atoms with E-state index >= 15 is 0 Å². The first-order valence-corrected chi connectivity index (χ1v) is 10.4. The molecular weight excluding hydrogens is 375 g/mol. The van der Waals surface area contributed by atoms with Gasteiger partial charge in [0.2, 0.25) is 0 Å². The molecule has 4 nitrogen and oxygen atoms in total. The highest BCUT2D eigenvalue weighted by atomic mass is 32.2. The molecule has 6 heteroatoms. The molecule has 0 saturated carbocycles. The van der Waals surface area contributed by atoms with Crippen molar-refractivity contribution in [3.05, 3.63) is 95.3 Å². The van der Waals surface area contributed by atoms with Crippen LogP contribution in [0.25, 0.3) is 0 Å². The van der Waals surface area contributed by atoms with Crippen LogP contribution in [-0.2, 0) is 23.0 Å². The fourth-order valence-corrected chi connectivity index (χ4v) is 4.28. The quantitative estimate of drug-likeness (QED) is 0.658. The average molecular weight is 394 g/mol. The molecule has 0 fully saturated rings. The van der Waals surface area contributed by atoms with Crippen molar-refractivity contribution in [3.8, 4) is 0 Å². The van der Waals surface area contributed by atoms with Crippen LogP contribution in [-0.4, -0.2) is 14.3 Å². The minimum Gasteiger partial charge on any atom is -0.324 e. The number of nitrogens with zero attached hydrogens (tertiary/aromatic N) is 2.